The molecule has 22 heavy (non-hydrogen) atoms. The van der Waals surface area contributed by atoms with Crippen LogP contribution in [0.2, 0.25) is 0 Å². The molecule has 8 nitrogen and oxygen atoms in total. The molecule has 1 saturated heterocycles. The summed E-state index contributed by atoms with van der Waals surface area (Å²) in [7, 11) is 0. The Bertz CT molecular complexity index is 408. The molecule has 4 atom stereocenters. The van der Waals surface area contributed by atoms with Gasteiger partial charge < -0.3 is 24.4 Å². The fourth-order valence-corrected chi connectivity index (χ4v) is 2.20. The average molecular weight is 318 g/mol. The Balaban J connectivity index is 2.87. The van der Waals surface area contributed by atoms with Gasteiger partial charge in [-0.25, -0.2) is 0 Å². The molecule has 0 bridgehead atoms. The highest BCUT2D eigenvalue weighted by Crippen LogP contribution is 2.29. The van der Waals surface area contributed by atoms with Crippen molar-refractivity contribution < 1.29 is 38.8 Å². The number of aliphatic carboxylic acids is 1. The maximum absolute atomic E-state index is 11.6. The minimum atomic E-state index is -1.27. The Kier molecular flexibility index (Phi) is 7.26. The van der Waals surface area contributed by atoms with Gasteiger partial charge in [0, 0.05) is 19.3 Å². The minimum absolute atomic E-state index is 0.0400. The number of esters is 2. The van der Waals surface area contributed by atoms with Crippen LogP contribution in [-0.4, -0.2) is 53.2 Å². The molecule has 1 aliphatic rings. The molecule has 0 saturated carbocycles. The minimum Gasteiger partial charge on any atom is -0.481 e. The largest absolute Gasteiger partial charge is 0.481 e. The van der Waals surface area contributed by atoms with Crippen molar-refractivity contribution in [1.29, 1.82) is 0 Å². The van der Waals surface area contributed by atoms with Crippen molar-refractivity contribution in [3.05, 3.63) is 0 Å². The number of aliphatic hydroxyl groups is 1. The SMILES string of the molecule is CCC(=O)O[C@H]1[C@H](OC(=O)CC)COC(O)[C@@H]1CCC(=O)O. The molecule has 126 valence electrons. The summed E-state index contributed by atoms with van der Waals surface area (Å²) in [5.41, 5.74) is 0. The van der Waals surface area contributed by atoms with Gasteiger partial charge >= 0.3 is 17.9 Å². The van der Waals surface area contributed by atoms with Gasteiger partial charge in [-0.2, -0.15) is 0 Å². The van der Waals surface area contributed by atoms with Gasteiger partial charge in [-0.1, -0.05) is 13.8 Å². The van der Waals surface area contributed by atoms with Crippen molar-refractivity contribution in [3.63, 3.8) is 0 Å². The van der Waals surface area contributed by atoms with E-state index in [0.29, 0.717) is 0 Å². The highest BCUT2D eigenvalue weighted by Gasteiger charge is 2.44. The molecule has 0 aromatic rings. The summed E-state index contributed by atoms with van der Waals surface area (Å²) in [4.78, 5) is 33.8. The van der Waals surface area contributed by atoms with E-state index in [4.69, 9.17) is 19.3 Å². The molecule has 0 spiro atoms. The second-order valence-corrected chi connectivity index (χ2v) is 5.01. The molecular formula is C14H22O8. The van der Waals surface area contributed by atoms with E-state index in [1.165, 1.54) is 0 Å². The first-order valence-electron chi connectivity index (χ1n) is 7.29. The zero-order valence-corrected chi connectivity index (χ0v) is 12.7. The van der Waals surface area contributed by atoms with E-state index in [-0.39, 0.29) is 32.3 Å². The Labute approximate surface area is 128 Å². The first kappa shape index (κ1) is 18.4. The van der Waals surface area contributed by atoms with Crippen molar-refractivity contribution in [3.8, 4) is 0 Å². The summed E-state index contributed by atoms with van der Waals surface area (Å²) in [6.07, 6.45) is -2.97. The van der Waals surface area contributed by atoms with Crippen LogP contribution in [-0.2, 0) is 28.6 Å². The molecule has 8 heteroatoms. The second-order valence-electron chi connectivity index (χ2n) is 5.01. The molecule has 2 N–H and O–H groups in total. The fraction of sp³-hybridized carbons (Fsp3) is 0.786. The monoisotopic (exact) mass is 318 g/mol. The van der Waals surface area contributed by atoms with Crippen LogP contribution in [0.25, 0.3) is 0 Å². The number of hydrogen-bond donors (Lipinski definition) is 2. The Morgan fingerprint density at radius 1 is 1.14 bits per heavy atom. The third-order valence-corrected chi connectivity index (χ3v) is 3.41. The maximum atomic E-state index is 11.6. The molecule has 1 fully saturated rings. The van der Waals surface area contributed by atoms with Crippen LogP contribution >= 0.6 is 0 Å². The summed E-state index contributed by atoms with van der Waals surface area (Å²) in [6, 6.07) is 0. The first-order valence-corrected chi connectivity index (χ1v) is 7.29. The summed E-state index contributed by atoms with van der Waals surface area (Å²) < 4.78 is 15.6. The predicted octanol–water partition coefficient (Wildman–Crippen LogP) is 0.460. The van der Waals surface area contributed by atoms with E-state index in [2.05, 4.69) is 0 Å². The van der Waals surface area contributed by atoms with Crippen LogP contribution in [0.15, 0.2) is 0 Å². The third-order valence-electron chi connectivity index (χ3n) is 3.41. The molecule has 1 unspecified atom stereocenters. The van der Waals surface area contributed by atoms with Gasteiger partial charge in [-0.3, -0.25) is 14.4 Å². The molecular weight excluding hydrogens is 296 g/mol. The molecule has 1 heterocycles. The average Bonchev–Trinajstić information content (AvgIpc) is 2.48. The van der Waals surface area contributed by atoms with E-state index in [1.807, 2.05) is 0 Å². The van der Waals surface area contributed by atoms with Gasteiger partial charge in [-0.05, 0) is 6.42 Å². The Morgan fingerprint density at radius 2 is 1.73 bits per heavy atom. The van der Waals surface area contributed by atoms with E-state index in [1.54, 1.807) is 13.8 Å². The number of carbonyl (C=O) groups excluding carboxylic acids is 2. The van der Waals surface area contributed by atoms with Gasteiger partial charge in [0.2, 0.25) is 0 Å². The number of aliphatic hydroxyl groups excluding tert-OH is 1. The number of carboxylic acids is 1. The van der Waals surface area contributed by atoms with Crippen molar-refractivity contribution in [2.75, 3.05) is 6.61 Å². The van der Waals surface area contributed by atoms with E-state index >= 15 is 0 Å². The lowest BCUT2D eigenvalue weighted by atomic mass is 9.90. The summed E-state index contributed by atoms with van der Waals surface area (Å²) in [5, 5.41) is 18.7. The molecule has 0 radical (unpaired) electrons. The molecule has 0 aromatic heterocycles. The summed E-state index contributed by atoms with van der Waals surface area (Å²) in [6.45, 7) is 3.12. The van der Waals surface area contributed by atoms with Crippen LogP contribution in [0.5, 0.6) is 0 Å². The van der Waals surface area contributed by atoms with Gasteiger partial charge in [0.15, 0.2) is 12.4 Å². The second kappa shape index (κ2) is 8.70. The van der Waals surface area contributed by atoms with E-state index in [0.717, 1.165) is 0 Å². The van der Waals surface area contributed by atoms with Crippen molar-refractivity contribution in [1.82, 2.24) is 0 Å². The smallest absolute Gasteiger partial charge is 0.305 e. The fourth-order valence-electron chi connectivity index (χ4n) is 2.20. The molecule has 0 aromatic carbocycles. The first-order chi connectivity index (χ1) is 10.4. The lowest BCUT2D eigenvalue weighted by molar-refractivity contribution is -0.246. The van der Waals surface area contributed by atoms with E-state index < -0.39 is 42.3 Å². The van der Waals surface area contributed by atoms with Crippen molar-refractivity contribution >= 4 is 17.9 Å². The predicted molar refractivity (Wildman–Crippen MR) is 72.7 cm³/mol. The normalized spacial score (nSPS) is 28.0. The highest BCUT2D eigenvalue weighted by molar-refractivity contribution is 5.70. The standard InChI is InChI=1S/C14H22O8/c1-3-11(17)21-9-7-20-14(19)8(5-6-10(15)16)13(9)22-12(18)4-2/h8-9,13-14,19H,3-7H2,1-2H3,(H,15,16)/t8-,9-,13-,14?/m1/s1. The molecule has 0 amide bonds. The lowest BCUT2D eigenvalue weighted by Crippen LogP contribution is -2.52. The van der Waals surface area contributed by atoms with E-state index in [9.17, 15) is 19.5 Å². The van der Waals surface area contributed by atoms with Gasteiger partial charge in [0.25, 0.3) is 0 Å². The number of hydrogen-bond acceptors (Lipinski definition) is 7. The van der Waals surface area contributed by atoms with Crippen LogP contribution < -0.4 is 0 Å². The van der Waals surface area contributed by atoms with Crippen LogP contribution in [0, 0.1) is 5.92 Å². The number of ether oxygens (including phenoxy) is 3. The van der Waals surface area contributed by atoms with Crippen LogP contribution in [0.4, 0.5) is 0 Å². The van der Waals surface area contributed by atoms with Crippen LogP contribution in [0.1, 0.15) is 39.5 Å². The quantitative estimate of drug-likeness (QED) is 0.650. The lowest BCUT2D eigenvalue weighted by Gasteiger charge is -2.39. The maximum Gasteiger partial charge on any atom is 0.305 e. The summed E-state index contributed by atoms with van der Waals surface area (Å²) >= 11 is 0. The zero-order valence-electron chi connectivity index (χ0n) is 12.7. The van der Waals surface area contributed by atoms with Crippen molar-refractivity contribution in [2.45, 2.75) is 58.0 Å². The van der Waals surface area contributed by atoms with Crippen LogP contribution in [0.3, 0.4) is 0 Å². The zero-order chi connectivity index (χ0) is 16.7. The molecule has 0 aliphatic carbocycles. The van der Waals surface area contributed by atoms with Gasteiger partial charge in [0.05, 0.1) is 12.5 Å². The Morgan fingerprint density at radius 3 is 2.27 bits per heavy atom. The molecule has 1 aliphatic heterocycles. The van der Waals surface area contributed by atoms with Crippen molar-refractivity contribution in [2.24, 2.45) is 5.92 Å². The summed E-state index contributed by atoms with van der Waals surface area (Å²) in [5.74, 6) is -2.81. The number of rotatable bonds is 7. The topological polar surface area (TPSA) is 119 Å². The number of carboxylic acid groups (broad SMARTS) is 1. The molecule has 1 rings (SSSR count). The van der Waals surface area contributed by atoms with Gasteiger partial charge in [0.1, 0.15) is 6.10 Å². The van der Waals surface area contributed by atoms with Gasteiger partial charge in [-0.15, -0.1) is 0 Å². The Hall–Kier alpha value is -1.67. The highest BCUT2D eigenvalue weighted by atomic mass is 16.6. The third kappa shape index (κ3) is 5.27. The number of carbonyl (C=O) groups is 3.